The van der Waals surface area contributed by atoms with E-state index < -0.39 is 144 Å². The highest BCUT2D eigenvalue weighted by atomic mass is 19.2. The number of esters is 2. The number of ketones is 6. The van der Waals surface area contributed by atoms with Crippen LogP contribution in [0, 0.1) is 71.0 Å². The molecule has 4 bridgehead atoms. The second kappa shape index (κ2) is 55.3. The summed E-state index contributed by atoms with van der Waals surface area (Å²) >= 11 is 0. The Balaban J connectivity index is 0.000000366. The zero-order chi connectivity index (χ0) is 99.2. The summed E-state index contributed by atoms with van der Waals surface area (Å²) < 4.78 is 99.9. The second-order valence-electron chi connectivity index (χ2n) is 40.0. The number of nitrogens with zero attached hydrogens (tertiary/aromatic N) is 2. The third-order valence-corrected chi connectivity index (χ3v) is 29.9. The van der Waals surface area contributed by atoms with Crippen LogP contribution in [0.25, 0.3) is 0 Å². The molecule has 6 aliphatic heterocycles. The quantitative estimate of drug-likeness (QED) is 0.0852. The molecule has 8 rings (SSSR count). The maximum Gasteiger partial charge on any atom is 0.329 e. The fourth-order valence-electron chi connectivity index (χ4n) is 21.3. The lowest BCUT2D eigenvalue weighted by Gasteiger charge is -2.42. The molecule has 2 saturated carbocycles. The number of methoxy groups -OCH3 is 10. The van der Waals surface area contributed by atoms with E-state index >= 15 is 4.39 Å². The van der Waals surface area contributed by atoms with Crippen LogP contribution < -0.4 is 0 Å². The van der Waals surface area contributed by atoms with E-state index in [2.05, 4.69) is 6.92 Å². The first-order valence-electron chi connectivity index (χ1n) is 49.4. The van der Waals surface area contributed by atoms with Gasteiger partial charge in [0, 0.05) is 145 Å². The number of hydrogen-bond acceptors (Lipinski definition) is 25. The number of rotatable bonds is 16. The number of piperidine rings is 2. The molecule has 1 N–H and O–H groups in total. The molecular formula is C106H165FN2O25. The third-order valence-electron chi connectivity index (χ3n) is 29.9. The lowest BCUT2D eigenvalue weighted by molar-refractivity contribution is -0.265. The van der Waals surface area contributed by atoms with Crippen LogP contribution >= 0.6 is 0 Å². The number of hydrogen-bond donors (Lipinski definition) is 1. The first kappa shape index (κ1) is 114. The number of alkyl halides is 1. The van der Waals surface area contributed by atoms with Gasteiger partial charge in [-0.25, -0.2) is 14.0 Å². The van der Waals surface area contributed by atoms with Gasteiger partial charge in [-0.05, 0) is 214 Å². The van der Waals surface area contributed by atoms with Gasteiger partial charge in [-0.2, -0.15) is 0 Å². The van der Waals surface area contributed by atoms with Crippen LogP contribution in [-0.4, -0.2) is 267 Å². The van der Waals surface area contributed by atoms with Crippen molar-refractivity contribution in [2.24, 2.45) is 71.0 Å². The molecule has 4 saturated heterocycles. The van der Waals surface area contributed by atoms with E-state index in [0.29, 0.717) is 94.6 Å². The summed E-state index contributed by atoms with van der Waals surface area (Å²) in [5, 5.41) is 12.0. The molecule has 0 spiro atoms. The fourth-order valence-corrected chi connectivity index (χ4v) is 21.3. The number of aliphatic hydroxyl groups is 1. The Morgan fingerprint density at radius 2 is 0.791 bits per heavy atom. The van der Waals surface area contributed by atoms with Gasteiger partial charge < -0.3 is 81.2 Å². The van der Waals surface area contributed by atoms with Crippen molar-refractivity contribution in [2.45, 2.75) is 360 Å². The Bertz CT molecular complexity index is 3840. The molecular weight excluding hydrogens is 1720 g/mol. The minimum absolute atomic E-state index is 0.0234. The number of fused-ring (bicyclic) bond motifs is 6. The molecule has 0 aromatic rings. The summed E-state index contributed by atoms with van der Waals surface area (Å²) in [4.78, 5) is 145. The van der Waals surface area contributed by atoms with Crippen molar-refractivity contribution in [3.63, 3.8) is 0 Å². The highest BCUT2D eigenvalue weighted by Gasteiger charge is 2.57. The molecule has 0 aromatic carbocycles. The van der Waals surface area contributed by atoms with Crippen LogP contribution in [0.4, 0.5) is 4.39 Å². The summed E-state index contributed by atoms with van der Waals surface area (Å²) in [5.41, 5.74) is 3.06. The largest absolute Gasteiger partial charge is 0.460 e. The van der Waals surface area contributed by atoms with Gasteiger partial charge in [0.05, 0.1) is 48.8 Å². The van der Waals surface area contributed by atoms with Crippen molar-refractivity contribution in [1.29, 1.82) is 0 Å². The Labute approximate surface area is 798 Å². The Morgan fingerprint density at radius 3 is 1.17 bits per heavy atom. The van der Waals surface area contributed by atoms with Gasteiger partial charge in [0.1, 0.15) is 60.3 Å². The monoisotopic (exact) mass is 1890 g/mol. The summed E-state index contributed by atoms with van der Waals surface area (Å²) in [5.74, 6) is -15.6. The molecule has 27 nitrogen and oxygen atoms in total. The molecule has 1 unspecified atom stereocenters. The van der Waals surface area contributed by atoms with E-state index in [1.807, 2.05) is 123 Å². The molecule has 2 amide bonds. The van der Waals surface area contributed by atoms with Gasteiger partial charge in [-0.3, -0.25) is 38.4 Å². The van der Waals surface area contributed by atoms with Crippen molar-refractivity contribution in [3.05, 3.63) is 95.2 Å². The molecule has 6 fully saturated rings. The minimum Gasteiger partial charge on any atom is -0.460 e. The van der Waals surface area contributed by atoms with Gasteiger partial charge in [0.15, 0.2) is 11.6 Å². The molecule has 30 atom stereocenters. The molecule has 134 heavy (non-hydrogen) atoms. The lowest BCUT2D eigenvalue weighted by Crippen LogP contribution is -2.61. The minimum atomic E-state index is -2.91. The van der Waals surface area contributed by atoms with E-state index in [1.165, 1.54) is 33.3 Å². The molecule has 28 heteroatoms. The fraction of sp³-hybridized carbons (Fsp3) is 0.755. The lowest BCUT2D eigenvalue weighted by atomic mass is 9.78. The smallest absolute Gasteiger partial charge is 0.329 e. The van der Waals surface area contributed by atoms with Crippen LogP contribution in [0.3, 0.4) is 0 Å². The first-order valence-corrected chi connectivity index (χ1v) is 49.4. The van der Waals surface area contributed by atoms with E-state index in [1.54, 1.807) is 82.5 Å². The zero-order valence-electron chi connectivity index (χ0n) is 85.0. The van der Waals surface area contributed by atoms with Crippen molar-refractivity contribution in [1.82, 2.24) is 9.80 Å². The van der Waals surface area contributed by atoms with Gasteiger partial charge in [0.2, 0.25) is 5.79 Å². The SMILES string of the molecule is CO[C@H]1C[C@@H]2CC[C@@H](C)[C@@](F)(O2)C(=O)C(=O)N2CCCC[C@H]2C(=O)O[C@H]([C@H](C)C[C@@H]2CC[C@@H](OC)[C@H](OC)C2)CC(=O)[C@H](C)/C=C(\C)[C@@H](OC)[C@@H](OC)C(=O)[C@H](C)C[C@H](C)/C=C/C=CC=C1C.CO[C@H]1C[C@@H]2CC[C@@H](C)[C@@](O)(O2)C(=O)C(=O)N2CCCC[C@H]2C(=O)OC([C@H](C)C[C@@H]2CC[C@@H](OC)[C@H](OC)C2)CC(=O)[C@H](C)/C=C(\C)[C@@H](OC)[C@@H](OC)C(=O)[C@H](C)C[C@H](C)/C=C/C=CC=C1C. The van der Waals surface area contributed by atoms with E-state index in [9.17, 15) is 53.1 Å². The van der Waals surface area contributed by atoms with Crippen molar-refractivity contribution < 1.29 is 124 Å². The van der Waals surface area contributed by atoms with E-state index in [4.69, 9.17) is 66.3 Å². The van der Waals surface area contributed by atoms with Crippen molar-refractivity contribution in [3.8, 4) is 0 Å². The predicted octanol–water partition coefficient (Wildman–Crippen LogP) is 16.0. The van der Waals surface area contributed by atoms with E-state index in [0.717, 1.165) is 54.6 Å². The maximum atomic E-state index is 17.1. The molecule has 6 heterocycles. The van der Waals surface area contributed by atoms with Crippen LogP contribution in [0.15, 0.2) is 95.2 Å². The highest BCUT2D eigenvalue weighted by molar-refractivity contribution is 6.39. The summed E-state index contributed by atoms with van der Waals surface area (Å²) in [6.07, 6.45) is 27.4. The number of Topliss-reactive ketones (excluding diaryl/α,β-unsaturated/α-hetero) is 6. The number of amides is 2. The van der Waals surface area contributed by atoms with Crippen LogP contribution in [0.1, 0.15) is 251 Å². The summed E-state index contributed by atoms with van der Waals surface area (Å²) in [7, 11) is 15.9. The van der Waals surface area contributed by atoms with Crippen molar-refractivity contribution in [2.75, 3.05) is 84.2 Å². The highest BCUT2D eigenvalue weighted by Crippen LogP contribution is 2.43. The average Bonchev–Trinajstić information content (AvgIpc) is 0.773. The molecule has 0 aromatic heterocycles. The van der Waals surface area contributed by atoms with Crippen LogP contribution in [0.5, 0.6) is 0 Å². The van der Waals surface area contributed by atoms with Crippen molar-refractivity contribution >= 4 is 58.5 Å². The number of ether oxygens (including phenoxy) is 14. The number of cyclic esters (lactones) is 2. The number of carbonyl (C=O) groups is 10. The third kappa shape index (κ3) is 31.1. The second-order valence-corrected chi connectivity index (χ2v) is 40.0. The Hall–Kier alpha value is -6.77. The summed E-state index contributed by atoms with van der Waals surface area (Å²) in [6.45, 7) is 26.2. The molecule has 2 aliphatic carbocycles. The normalized spacial score (nSPS) is 38.3. The standard InChI is InChI=1S/C53H82FNO12.C53H83NO13/c1-32-18-14-13-15-19-33(2)44(62-9)30-40-23-21-38(7)53(54,67-40)50(58)51(59)55-25-17-16-20-41(55)52(60)66-45(35(4)28-39-22-24-43(61-8)46(29-39)63-10)31-42(56)34(3)27-37(6)48(64-11)49(65-12)47(57)36(5)26-32;1-32-18-14-13-15-19-33(2)44(62-9)30-40-23-21-38(7)53(60,67-40)50(57)51(58)54-25-17-16-20-41(54)52(59)66-45(35(4)28-39-22-24-43(61-8)46(29-39)63-10)31-42(55)34(3)27-37(6)48(64-11)49(65-12)47(56)36(5)26-32/h13-15,18-19,27,32,34-36,38-41,43-46,48-49H,16-17,20-26,28-31H2,1-12H3;13-15,18-19,27,32,34-36,38-41,43-46,48-49,60H,16-17,20-26,28-31H2,1-12H3/b2*15-13?,18-14+,33-19?,37-27+/t32-,34-,35-,36-,38-,39+,40+,41+,43-,44+,45+,46-,48-,49+,53-;32-,34-,35-,36-,38-,39+,40+,41+,43-,44+,45?,46-,48-,49+,53-/m11/s1. The molecule has 0 radical (unpaired) electrons. The van der Waals surface area contributed by atoms with Gasteiger partial charge >= 0.3 is 11.9 Å². The molecule has 8 aliphatic rings. The predicted molar refractivity (Wildman–Crippen MR) is 508 cm³/mol. The zero-order valence-corrected chi connectivity index (χ0v) is 85.0. The number of allylic oxidation sites excluding steroid dienone is 12. The average molecular weight is 1890 g/mol. The first-order chi connectivity index (χ1) is 63.7. The van der Waals surface area contributed by atoms with E-state index in [-0.39, 0.29) is 140 Å². The Morgan fingerprint density at radius 1 is 0.410 bits per heavy atom. The number of carbonyl (C=O) groups excluding carboxylic acids is 10. The van der Waals surface area contributed by atoms with Crippen LogP contribution in [0.2, 0.25) is 0 Å². The molecule has 756 valence electrons. The van der Waals surface area contributed by atoms with Gasteiger partial charge in [0.25, 0.3) is 29.2 Å². The van der Waals surface area contributed by atoms with Gasteiger partial charge in [-0.1, -0.05) is 142 Å². The maximum absolute atomic E-state index is 17.1. The summed E-state index contributed by atoms with van der Waals surface area (Å²) in [6, 6.07) is -2.27. The Kier molecular flexibility index (Phi) is 47.1. The van der Waals surface area contributed by atoms with Crippen LogP contribution in [-0.2, 0) is 114 Å². The topological polar surface area (TPSA) is 327 Å². The number of halogens is 1. The van der Waals surface area contributed by atoms with Gasteiger partial charge in [-0.15, -0.1) is 0 Å².